The summed E-state index contributed by atoms with van der Waals surface area (Å²) in [5, 5.41) is 13.5. The maximum absolute atomic E-state index is 12.4. The number of nitrogens with zero attached hydrogens (tertiary/aromatic N) is 2. The third kappa shape index (κ3) is 4.09. The van der Waals surface area contributed by atoms with E-state index >= 15 is 0 Å². The molecule has 0 aromatic heterocycles. The van der Waals surface area contributed by atoms with Gasteiger partial charge in [0, 0.05) is 6.07 Å². The maximum atomic E-state index is 12.4. The van der Waals surface area contributed by atoms with Gasteiger partial charge in [-0.05, 0) is 30.7 Å². The Kier molecular flexibility index (Phi) is 5.12. The molecule has 0 spiro atoms. The minimum atomic E-state index is -0.495. The second kappa shape index (κ2) is 7.65. The number of nitro groups is 1. The van der Waals surface area contributed by atoms with Gasteiger partial charge in [0.25, 0.3) is 11.6 Å². The van der Waals surface area contributed by atoms with E-state index in [2.05, 4.69) is 5.32 Å². The molecule has 0 bridgehead atoms. The van der Waals surface area contributed by atoms with E-state index in [4.69, 9.17) is 0 Å². The molecular weight excluding hydrogens is 346 g/mol. The van der Waals surface area contributed by atoms with Crippen LogP contribution in [0, 0.1) is 17.0 Å². The lowest BCUT2D eigenvalue weighted by Crippen LogP contribution is -2.30. The SMILES string of the molecule is Cc1ccc(CN2C(=O)N/C(=C/C=C/c3ccccc3[N+](=O)[O-])C2=O)cc1. The summed E-state index contributed by atoms with van der Waals surface area (Å²) >= 11 is 0. The Morgan fingerprint density at radius 3 is 2.52 bits per heavy atom. The molecule has 1 aliphatic rings. The van der Waals surface area contributed by atoms with Crippen molar-refractivity contribution < 1.29 is 14.5 Å². The van der Waals surface area contributed by atoms with Crippen LogP contribution >= 0.6 is 0 Å². The van der Waals surface area contributed by atoms with Gasteiger partial charge in [-0.2, -0.15) is 0 Å². The molecule has 2 aromatic rings. The van der Waals surface area contributed by atoms with Crippen molar-refractivity contribution in [3.8, 4) is 0 Å². The summed E-state index contributed by atoms with van der Waals surface area (Å²) in [6.07, 6.45) is 4.46. The Hall–Kier alpha value is -3.74. The van der Waals surface area contributed by atoms with Crippen molar-refractivity contribution in [2.24, 2.45) is 0 Å². The average Bonchev–Trinajstić information content (AvgIpc) is 2.91. The summed E-state index contributed by atoms with van der Waals surface area (Å²) in [4.78, 5) is 36.2. The first-order valence-corrected chi connectivity index (χ1v) is 8.26. The molecule has 7 nitrogen and oxygen atoms in total. The summed E-state index contributed by atoms with van der Waals surface area (Å²) in [7, 11) is 0. The first kappa shape index (κ1) is 18.1. The average molecular weight is 363 g/mol. The van der Waals surface area contributed by atoms with E-state index in [1.807, 2.05) is 31.2 Å². The molecule has 136 valence electrons. The van der Waals surface area contributed by atoms with E-state index in [1.165, 1.54) is 24.3 Å². The van der Waals surface area contributed by atoms with E-state index < -0.39 is 16.9 Å². The number of imide groups is 1. The van der Waals surface area contributed by atoms with E-state index in [9.17, 15) is 19.7 Å². The Morgan fingerprint density at radius 1 is 1.11 bits per heavy atom. The Labute approximate surface area is 155 Å². The summed E-state index contributed by atoms with van der Waals surface area (Å²) in [5.41, 5.74) is 2.45. The fraction of sp³-hybridized carbons (Fsp3) is 0.100. The van der Waals surface area contributed by atoms with E-state index in [0.29, 0.717) is 5.56 Å². The fourth-order valence-electron chi connectivity index (χ4n) is 2.65. The van der Waals surface area contributed by atoms with Crippen molar-refractivity contribution in [2.75, 3.05) is 0 Å². The summed E-state index contributed by atoms with van der Waals surface area (Å²) in [6, 6.07) is 13.3. The van der Waals surface area contributed by atoms with Gasteiger partial charge in [0.2, 0.25) is 0 Å². The number of benzene rings is 2. The standard InChI is InChI=1S/C20H17N3O4/c1-14-9-11-15(12-10-14)13-22-19(24)17(21-20(22)25)7-4-6-16-5-2-3-8-18(16)23(26)27/h2-12H,13H2,1H3,(H,21,25)/b6-4+,17-7+. The number of allylic oxidation sites excluding steroid dienone is 2. The molecule has 3 amide bonds. The monoisotopic (exact) mass is 363 g/mol. The van der Waals surface area contributed by atoms with Crippen molar-refractivity contribution in [2.45, 2.75) is 13.5 Å². The number of hydrogen-bond donors (Lipinski definition) is 1. The quantitative estimate of drug-likeness (QED) is 0.380. The Balaban J connectivity index is 1.74. The third-order valence-corrected chi connectivity index (χ3v) is 4.10. The molecule has 0 unspecified atom stereocenters. The molecule has 7 heteroatoms. The predicted octanol–water partition coefficient (Wildman–Crippen LogP) is 3.55. The second-order valence-corrected chi connectivity index (χ2v) is 6.06. The van der Waals surface area contributed by atoms with Crippen LogP contribution in [0.25, 0.3) is 6.08 Å². The Morgan fingerprint density at radius 2 is 1.81 bits per heavy atom. The van der Waals surface area contributed by atoms with Crippen molar-refractivity contribution in [3.63, 3.8) is 0 Å². The lowest BCUT2D eigenvalue weighted by Gasteiger charge is -2.11. The highest BCUT2D eigenvalue weighted by Gasteiger charge is 2.33. The first-order chi connectivity index (χ1) is 13.0. The zero-order chi connectivity index (χ0) is 19.4. The Bertz CT molecular complexity index is 961. The zero-order valence-electron chi connectivity index (χ0n) is 14.6. The molecule has 27 heavy (non-hydrogen) atoms. The van der Waals surface area contributed by atoms with Crippen LogP contribution in [-0.4, -0.2) is 21.8 Å². The first-order valence-electron chi connectivity index (χ1n) is 8.26. The van der Waals surface area contributed by atoms with Crippen molar-refractivity contribution in [1.82, 2.24) is 10.2 Å². The van der Waals surface area contributed by atoms with Crippen LogP contribution < -0.4 is 5.32 Å². The number of carbonyl (C=O) groups is 2. The van der Waals surface area contributed by atoms with Crippen LogP contribution in [0.15, 0.2) is 66.4 Å². The number of aryl methyl sites for hydroxylation is 1. The minimum absolute atomic E-state index is 0.0325. The van der Waals surface area contributed by atoms with Gasteiger partial charge in [-0.15, -0.1) is 0 Å². The topological polar surface area (TPSA) is 92.6 Å². The predicted molar refractivity (Wildman–Crippen MR) is 100 cm³/mol. The number of carbonyl (C=O) groups excluding carboxylic acids is 2. The van der Waals surface area contributed by atoms with Crippen molar-refractivity contribution >= 4 is 23.7 Å². The van der Waals surface area contributed by atoms with E-state index in [-0.39, 0.29) is 17.9 Å². The largest absolute Gasteiger partial charge is 0.329 e. The summed E-state index contributed by atoms with van der Waals surface area (Å²) in [5.74, 6) is -0.437. The molecule has 0 radical (unpaired) electrons. The van der Waals surface area contributed by atoms with Crippen LogP contribution in [0.2, 0.25) is 0 Å². The minimum Gasteiger partial charge on any atom is -0.303 e. The van der Waals surface area contributed by atoms with Gasteiger partial charge >= 0.3 is 6.03 Å². The molecular formula is C20H17N3O4. The molecule has 0 aliphatic carbocycles. The van der Waals surface area contributed by atoms with Gasteiger partial charge in [0.15, 0.2) is 0 Å². The molecule has 3 rings (SSSR count). The highest BCUT2D eigenvalue weighted by Crippen LogP contribution is 2.20. The molecule has 1 heterocycles. The number of amides is 3. The third-order valence-electron chi connectivity index (χ3n) is 4.10. The number of hydrogen-bond acceptors (Lipinski definition) is 4. The molecule has 0 saturated carbocycles. The van der Waals surface area contributed by atoms with Gasteiger partial charge in [-0.3, -0.25) is 19.8 Å². The molecule has 1 fully saturated rings. The normalized spacial score (nSPS) is 15.6. The zero-order valence-corrected chi connectivity index (χ0v) is 14.6. The van der Waals surface area contributed by atoms with Crippen LogP contribution in [-0.2, 0) is 11.3 Å². The van der Waals surface area contributed by atoms with Gasteiger partial charge < -0.3 is 5.32 Å². The molecule has 1 N–H and O–H groups in total. The number of rotatable bonds is 5. The van der Waals surface area contributed by atoms with Gasteiger partial charge in [-0.1, -0.05) is 48.0 Å². The van der Waals surface area contributed by atoms with Crippen molar-refractivity contribution in [3.05, 3.63) is 93.2 Å². The van der Waals surface area contributed by atoms with Gasteiger partial charge in [0.05, 0.1) is 17.0 Å². The highest BCUT2D eigenvalue weighted by molar-refractivity contribution is 6.11. The van der Waals surface area contributed by atoms with Crippen LogP contribution in [0.3, 0.4) is 0 Å². The van der Waals surface area contributed by atoms with E-state index in [0.717, 1.165) is 16.0 Å². The number of nitro benzene ring substituents is 1. The fourth-order valence-corrected chi connectivity index (χ4v) is 2.65. The lowest BCUT2D eigenvalue weighted by atomic mass is 10.1. The molecule has 2 aromatic carbocycles. The molecule has 0 atom stereocenters. The smallest absolute Gasteiger partial charge is 0.303 e. The van der Waals surface area contributed by atoms with Crippen LogP contribution in [0.4, 0.5) is 10.5 Å². The maximum Gasteiger partial charge on any atom is 0.329 e. The van der Waals surface area contributed by atoms with Crippen LogP contribution in [0.5, 0.6) is 0 Å². The number of para-hydroxylation sites is 1. The molecule has 1 aliphatic heterocycles. The summed E-state index contributed by atoms with van der Waals surface area (Å²) < 4.78 is 0. The van der Waals surface area contributed by atoms with Crippen LogP contribution in [0.1, 0.15) is 16.7 Å². The number of nitrogens with one attached hydrogen (secondary N) is 1. The lowest BCUT2D eigenvalue weighted by molar-refractivity contribution is -0.385. The second-order valence-electron chi connectivity index (χ2n) is 6.06. The summed E-state index contributed by atoms with van der Waals surface area (Å²) in [6.45, 7) is 2.14. The van der Waals surface area contributed by atoms with Gasteiger partial charge in [0.1, 0.15) is 5.70 Å². The van der Waals surface area contributed by atoms with Crippen molar-refractivity contribution in [1.29, 1.82) is 0 Å². The highest BCUT2D eigenvalue weighted by atomic mass is 16.6. The van der Waals surface area contributed by atoms with Gasteiger partial charge in [-0.25, -0.2) is 4.79 Å². The van der Waals surface area contributed by atoms with E-state index in [1.54, 1.807) is 18.2 Å². The number of urea groups is 1. The molecule has 1 saturated heterocycles.